The summed E-state index contributed by atoms with van der Waals surface area (Å²) in [6.07, 6.45) is 5.34. The number of hydrogen-bond donors (Lipinski definition) is 1. The molecule has 0 unspecified atom stereocenters. The molecule has 1 aliphatic carbocycles. The van der Waals surface area contributed by atoms with Crippen LogP contribution in [0.1, 0.15) is 56.3 Å². The minimum Gasteiger partial charge on any atom is -0.507 e. The number of carbonyl (C=O) groups excluding carboxylic acids is 1. The van der Waals surface area contributed by atoms with E-state index in [0.717, 1.165) is 38.6 Å². The largest absolute Gasteiger partial charge is 0.507 e. The number of hydrogen-bond acceptors (Lipinski definition) is 2. The van der Waals surface area contributed by atoms with Gasteiger partial charge in [0.2, 0.25) is 0 Å². The topological polar surface area (TPSA) is 40.5 Å². The molecule has 0 atom stereocenters. The summed E-state index contributed by atoms with van der Waals surface area (Å²) < 4.78 is 0. The van der Waals surface area contributed by atoms with Gasteiger partial charge in [-0.05, 0) is 49.7 Å². The molecule has 1 aliphatic heterocycles. The molecule has 1 N–H and O–H groups in total. The maximum atomic E-state index is 12.9. The van der Waals surface area contributed by atoms with Gasteiger partial charge >= 0.3 is 0 Å². The summed E-state index contributed by atoms with van der Waals surface area (Å²) in [6.45, 7) is 5.30. The second kappa shape index (κ2) is 5.31. The van der Waals surface area contributed by atoms with E-state index < -0.39 is 0 Å². The Bertz CT molecular complexity index is 594. The molecular formula is C17H21Cl2NO2. The first-order valence-electron chi connectivity index (χ1n) is 7.74. The van der Waals surface area contributed by atoms with Gasteiger partial charge in [0.25, 0.3) is 5.91 Å². The number of likely N-dealkylation sites (tertiary alicyclic amines) is 1. The summed E-state index contributed by atoms with van der Waals surface area (Å²) in [5.74, 6) is -0.314. The molecule has 1 heterocycles. The van der Waals surface area contributed by atoms with E-state index in [1.165, 1.54) is 12.1 Å². The molecule has 3 nitrogen and oxygen atoms in total. The lowest BCUT2D eigenvalue weighted by Crippen LogP contribution is -2.63. The van der Waals surface area contributed by atoms with Gasteiger partial charge in [-0.2, -0.15) is 0 Å². The van der Waals surface area contributed by atoms with Gasteiger partial charge in [-0.25, -0.2) is 0 Å². The van der Waals surface area contributed by atoms with Crippen LogP contribution in [0.5, 0.6) is 5.75 Å². The zero-order valence-corrected chi connectivity index (χ0v) is 14.5. The van der Waals surface area contributed by atoms with Crippen LogP contribution >= 0.6 is 23.2 Å². The Kier molecular flexibility index (Phi) is 3.85. The lowest BCUT2D eigenvalue weighted by molar-refractivity contribution is -0.0421. The number of phenols is 1. The van der Waals surface area contributed by atoms with Crippen LogP contribution in [-0.4, -0.2) is 28.0 Å². The van der Waals surface area contributed by atoms with Crippen molar-refractivity contribution in [3.05, 3.63) is 27.7 Å². The van der Waals surface area contributed by atoms with Crippen molar-refractivity contribution in [3.8, 4) is 5.75 Å². The molecule has 1 amide bonds. The maximum Gasteiger partial charge on any atom is 0.259 e. The van der Waals surface area contributed by atoms with Crippen LogP contribution in [0.15, 0.2) is 12.1 Å². The Morgan fingerprint density at radius 1 is 1.14 bits per heavy atom. The molecule has 3 rings (SSSR count). The number of halogens is 2. The summed E-state index contributed by atoms with van der Waals surface area (Å²) in [5.41, 5.74) is 0.493. The molecule has 0 aromatic heterocycles. The van der Waals surface area contributed by atoms with E-state index in [9.17, 15) is 9.90 Å². The highest BCUT2D eigenvalue weighted by atomic mass is 35.5. The first-order chi connectivity index (χ1) is 10.2. The fourth-order valence-electron chi connectivity index (χ4n) is 3.68. The minimum absolute atomic E-state index is 0.0397. The van der Waals surface area contributed by atoms with E-state index in [1.54, 1.807) is 0 Å². The predicted octanol–water partition coefficient (Wildman–Crippen LogP) is 4.88. The number of carbonyl (C=O) groups is 1. The van der Waals surface area contributed by atoms with E-state index in [4.69, 9.17) is 23.2 Å². The second-order valence-corrected chi connectivity index (χ2v) is 8.22. The number of aromatic hydroxyl groups is 1. The Labute approximate surface area is 141 Å². The Morgan fingerprint density at radius 2 is 1.77 bits per heavy atom. The Balaban J connectivity index is 1.85. The summed E-state index contributed by atoms with van der Waals surface area (Å²) in [4.78, 5) is 14.8. The van der Waals surface area contributed by atoms with Gasteiger partial charge in [-0.15, -0.1) is 0 Å². The fourth-order valence-corrected chi connectivity index (χ4v) is 4.24. The normalized spacial score (nSPS) is 22.5. The molecule has 1 aromatic carbocycles. The summed E-state index contributed by atoms with van der Waals surface area (Å²) in [6, 6.07) is 2.88. The average molecular weight is 342 g/mol. The van der Waals surface area contributed by atoms with Crippen molar-refractivity contribution in [2.45, 2.75) is 51.5 Å². The average Bonchev–Trinajstić information content (AvgIpc) is 2.36. The van der Waals surface area contributed by atoms with Gasteiger partial charge < -0.3 is 10.0 Å². The minimum atomic E-state index is -0.176. The highest BCUT2D eigenvalue weighted by Gasteiger charge is 2.50. The standard InChI is InChI=1S/C17H21Cl2NO2/c1-16(2)3-5-17(6-4-16)7-8-20(17)15(22)14-12(19)9-11(18)10-13(14)21/h9-10,21H,3-8H2,1-2H3. The van der Waals surface area contributed by atoms with Crippen molar-refractivity contribution < 1.29 is 9.90 Å². The molecule has 2 aliphatic rings. The zero-order valence-electron chi connectivity index (χ0n) is 13.0. The van der Waals surface area contributed by atoms with E-state index in [-0.39, 0.29) is 27.8 Å². The maximum absolute atomic E-state index is 12.9. The van der Waals surface area contributed by atoms with Gasteiger partial charge in [0, 0.05) is 17.1 Å². The van der Waals surface area contributed by atoms with Crippen molar-refractivity contribution in [2.75, 3.05) is 6.54 Å². The van der Waals surface area contributed by atoms with Crippen LogP contribution in [0.2, 0.25) is 10.0 Å². The van der Waals surface area contributed by atoms with Crippen LogP contribution in [0.3, 0.4) is 0 Å². The zero-order chi connectivity index (χ0) is 16.1. The Hall–Kier alpha value is -0.930. The third-order valence-electron chi connectivity index (χ3n) is 5.40. The van der Waals surface area contributed by atoms with Gasteiger partial charge in [0.1, 0.15) is 5.75 Å². The summed E-state index contributed by atoms with van der Waals surface area (Å²) in [7, 11) is 0. The lowest BCUT2D eigenvalue weighted by atomic mass is 9.64. The van der Waals surface area contributed by atoms with Crippen molar-refractivity contribution in [3.63, 3.8) is 0 Å². The third kappa shape index (κ3) is 2.59. The number of rotatable bonds is 1. The molecule has 1 saturated carbocycles. The molecule has 0 radical (unpaired) electrons. The fraction of sp³-hybridized carbons (Fsp3) is 0.588. The molecule has 1 spiro atoms. The smallest absolute Gasteiger partial charge is 0.259 e. The second-order valence-electron chi connectivity index (χ2n) is 7.38. The van der Waals surface area contributed by atoms with Crippen LogP contribution in [0.25, 0.3) is 0 Å². The van der Waals surface area contributed by atoms with Gasteiger partial charge in [0.05, 0.1) is 10.6 Å². The third-order valence-corrected chi connectivity index (χ3v) is 5.92. The van der Waals surface area contributed by atoms with Gasteiger partial charge in [0.15, 0.2) is 0 Å². The van der Waals surface area contributed by atoms with Crippen molar-refractivity contribution >= 4 is 29.1 Å². The van der Waals surface area contributed by atoms with Crippen LogP contribution in [-0.2, 0) is 0 Å². The quantitative estimate of drug-likeness (QED) is 0.790. The first-order valence-corrected chi connectivity index (χ1v) is 8.50. The highest BCUT2D eigenvalue weighted by molar-refractivity contribution is 6.37. The number of phenolic OH excluding ortho intramolecular Hbond substituents is 1. The summed E-state index contributed by atoms with van der Waals surface area (Å²) in [5, 5.41) is 10.6. The van der Waals surface area contributed by atoms with Crippen LogP contribution < -0.4 is 0 Å². The molecule has 22 heavy (non-hydrogen) atoms. The van der Waals surface area contributed by atoms with Crippen LogP contribution in [0, 0.1) is 5.41 Å². The van der Waals surface area contributed by atoms with Crippen LogP contribution in [0.4, 0.5) is 0 Å². The lowest BCUT2D eigenvalue weighted by Gasteiger charge is -2.57. The van der Waals surface area contributed by atoms with E-state index >= 15 is 0 Å². The molecule has 5 heteroatoms. The van der Waals surface area contributed by atoms with Crippen molar-refractivity contribution in [1.29, 1.82) is 0 Å². The molecule has 2 fully saturated rings. The Morgan fingerprint density at radius 3 is 2.27 bits per heavy atom. The highest BCUT2D eigenvalue weighted by Crippen LogP contribution is 2.50. The van der Waals surface area contributed by atoms with E-state index in [1.807, 2.05) is 4.90 Å². The molecule has 1 aromatic rings. The summed E-state index contributed by atoms with van der Waals surface area (Å²) >= 11 is 12.0. The number of nitrogens with zero attached hydrogens (tertiary/aromatic N) is 1. The number of amides is 1. The van der Waals surface area contributed by atoms with Gasteiger partial charge in [-0.1, -0.05) is 37.0 Å². The van der Waals surface area contributed by atoms with Crippen molar-refractivity contribution in [2.24, 2.45) is 5.41 Å². The molecule has 120 valence electrons. The predicted molar refractivity (Wildman–Crippen MR) is 88.8 cm³/mol. The SMILES string of the molecule is CC1(C)CCC2(CCN2C(=O)c2c(O)cc(Cl)cc2Cl)CC1. The molecule has 1 saturated heterocycles. The van der Waals surface area contributed by atoms with E-state index in [2.05, 4.69) is 13.8 Å². The first kappa shape index (κ1) is 15.9. The molecular weight excluding hydrogens is 321 g/mol. The van der Waals surface area contributed by atoms with Gasteiger partial charge in [-0.3, -0.25) is 4.79 Å². The van der Waals surface area contributed by atoms with Crippen molar-refractivity contribution in [1.82, 2.24) is 4.90 Å². The monoisotopic (exact) mass is 341 g/mol. The number of benzene rings is 1. The van der Waals surface area contributed by atoms with E-state index in [0.29, 0.717) is 10.4 Å². The molecule has 0 bridgehead atoms.